The molecular formula is C32H45Cl2N3O2. The van der Waals surface area contributed by atoms with Gasteiger partial charge in [-0.15, -0.1) is 24.8 Å². The Morgan fingerprint density at radius 2 is 1.05 bits per heavy atom. The molecule has 0 N–H and O–H groups in total. The maximum Gasteiger partial charge on any atom is 0.162 e. The Kier molecular flexibility index (Phi) is 12.3. The van der Waals surface area contributed by atoms with Crippen molar-refractivity contribution in [3.63, 3.8) is 0 Å². The number of aromatic nitrogens is 1. The molecule has 2 aliphatic rings. The SMILES string of the molecule is CCn1c2ccc(C(=O)CCCN3CCCCC3)cc2c2cc(C(=O)CCCN3CCCCC3)ccc21.Cl.Cl. The fraction of sp³-hybridized carbons (Fsp3) is 0.562. The van der Waals surface area contributed by atoms with Crippen LogP contribution in [0.5, 0.6) is 0 Å². The molecule has 0 unspecified atom stereocenters. The lowest BCUT2D eigenvalue weighted by Crippen LogP contribution is -2.30. The first kappa shape index (κ1) is 31.6. The number of Topliss-reactive ketones (excluding diaryl/α,β-unsaturated/α-hetero) is 2. The van der Waals surface area contributed by atoms with Crippen molar-refractivity contribution in [2.75, 3.05) is 39.3 Å². The van der Waals surface area contributed by atoms with Gasteiger partial charge in [-0.1, -0.05) is 12.8 Å². The lowest BCUT2D eigenvalue weighted by molar-refractivity contribution is 0.0965. The minimum absolute atomic E-state index is 0. The molecular weight excluding hydrogens is 529 g/mol. The highest BCUT2D eigenvalue weighted by Crippen LogP contribution is 2.31. The van der Waals surface area contributed by atoms with Crippen molar-refractivity contribution < 1.29 is 9.59 Å². The van der Waals surface area contributed by atoms with Crippen LogP contribution < -0.4 is 0 Å². The monoisotopic (exact) mass is 573 g/mol. The Labute approximate surface area is 246 Å². The summed E-state index contributed by atoms with van der Waals surface area (Å²) >= 11 is 0. The average molecular weight is 575 g/mol. The van der Waals surface area contributed by atoms with E-state index in [0.717, 1.165) is 65.4 Å². The summed E-state index contributed by atoms with van der Waals surface area (Å²) in [5, 5.41) is 2.17. The minimum Gasteiger partial charge on any atom is -0.341 e. The predicted octanol–water partition coefficient (Wildman–Crippen LogP) is 7.56. The van der Waals surface area contributed by atoms with Gasteiger partial charge in [-0.2, -0.15) is 0 Å². The molecule has 0 atom stereocenters. The first-order valence-corrected chi connectivity index (χ1v) is 14.7. The van der Waals surface area contributed by atoms with Gasteiger partial charge < -0.3 is 14.4 Å². The van der Waals surface area contributed by atoms with Gasteiger partial charge in [0.05, 0.1) is 0 Å². The van der Waals surface area contributed by atoms with Crippen LogP contribution in [0.15, 0.2) is 36.4 Å². The third-order valence-corrected chi connectivity index (χ3v) is 8.48. The Morgan fingerprint density at radius 1 is 0.641 bits per heavy atom. The fourth-order valence-electron chi connectivity index (χ4n) is 6.37. The Balaban J connectivity index is 0.00000210. The third-order valence-electron chi connectivity index (χ3n) is 8.48. The van der Waals surface area contributed by atoms with E-state index in [1.54, 1.807) is 0 Å². The maximum absolute atomic E-state index is 13.1. The van der Waals surface area contributed by atoms with Crippen molar-refractivity contribution in [2.45, 2.75) is 77.7 Å². The Hall–Kier alpha value is -1.92. The van der Waals surface area contributed by atoms with Crippen LogP contribution in [-0.4, -0.2) is 65.2 Å². The molecule has 39 heavy (non-hydrogen) atoms. The van der Waals surface area contributed by atoms with Gasteiger partial charge in [0.25, 0.3) is 0 Å². The average Bonchev–Trinajstić information content (AvgIpc) is 3.26. The summed E-state index contributed by atoms with van der Waals surface area (Å²) in [6.07, 6.45) is 10.9. The largest absolute Gasteiger partial charge is 0.341 e. The van der Waals surface area contributed by atoms with Gasteiger partial charge in [-0.25, -0.2) is 0 Å². The van der Waals surface area contributed by atoms with E-state index in [-0.39, 0.29) is 36.4 Å². The number of fused-ring (bicyclic) bond motifs is 3. The molecule has 0 radical (unpaired) electrons. The lowest BCUT2D eigenvalue weighted by atomic mass is 10.0. The Morgan fingerprint density at radius 3 is 1.44 bits per heavy atom. The van der Waals surface area contributed by atoms with Crippen LogP contribution in [0.25, 0.3) is 21.8 Å². The lowest BCUT2D eigenvalue weighted by Gasteiger charge is -2.26. The van der Waals surface area contributed by atoms with Crippen molar-refractivity contribution in [3.05, 3.63) is 47.5 Å². The van der Waals surface area contributed by atoms with E-state index in [9.17, 15) is 9.59 Å². The normalized spacial score (nSPS) is 16.6. The van der Waals surface area contributed by atoms with Crippen LogP contribution in [0.2, 0.25) is 0 Å². The second-order valence-corrected chi connectivity index (χ2v) is 11.1. The molecule has 214 valence electrons. The van der Waals surface area contributed by atoms with E-state index in [4.69, 9.17) is 0 Å². The minimum atomic E-state index is 0. The smallest absolute Gasteiger partial charge is 0.162 e. The molecule has 0 aliphatic carbocycles. The molecule has 7 heteroatoms. The summed E-state index contributed by atoms with van der Waals surface area (Å²) in [6.45, 7) is 9.75. The molecule has 2 aromatic carbocycles. The molecule has 0 saturated carbocycles. The van der Waals surface area contributed by atoms with Crippen LogP contribution >= 0.6 is 24.8 Å². The van der Waals surface area contributed by atoms with Crippen molar-refractivity contribution >= 4 is 58.2 Å². The first-order valence-electron chi connectivity index (χ1n) is 14.7. The number of aryl methyl sites for hydroxylation is 1. The summed E-state index contributed by atoms with van der Waals surface area (Å²) in [4.78, 5) is 31.2. The number of halogens is 2. The number of likely N-dealkylation sites (tertiary alicyclic amines) is 2. The standard InChI is InChI=1S/C32H43N3O2.2ClH/c1-2-35-29-15-13-25(31(36)11-9-21-33-17-5-3-6-18-33)23-27(29)28-24-26(14-16-30(28)35)32(37)12-10-22-34-19-7-4-8-20-34;;/h13-16,23-24H,2-12,17-22H2,1H3;2*1H. The van der Waals surface area contributed by atoms with Gasteiger partial charge in [0.15, 0.2) is 11.6 Å². The van der Waals surface area contributed by atoms with Crippen molar-refractivity contribution in [3.8, 4) is 0 Å². The van der Waals surface area contributed by atoms with E-state index in [1.165, 1.54) is 64.7 Å². The van der Waals surface area contributed by atoms with Crippen molar-refractivity contribution in [2.24, 2.45) is 0 Å². The zero-order chi connectivity index (χ0) is 25.6. The number of carbonyl (C=O) groups excluding carboxylic acids is 2. The van der Waals surface area contributed by atoms with Gasteiger partial charge in [0.1, 0.15) is 0 Å². The van der Waals surface area contributed by atoms with E-state index in [1.807, 2.05) is 12.1 Å². The summed E-state index contributed by atoms with van der Waals surface area (Å²) in [5.41, 5.74) is 3.85. The topological polar surface area (TPSA) is 45.6 Å². The zero-order valence-electron chi connectivity index (χ0n) is 23.5. The third kappa shape index (κ3) is 7.64. The summed E-state index contributed by atoms with van der Waals surface area (Å²) in [7, 11) is 0. The number of ketones is 2. The van der Waals surface area contributed by atoms with Gasteiger partial charge >= 0.3 is 0 Å². The van der Waals surface area contributed by atoms with Gasteiger partial charge in [0, 0.05) is 52.3 Å². The summed E-state index contributed by atoms with van der Waals surface area (Å²) < 4.78 is 2.29. The van der Waals surface area contributed by atoms with Crippen molar-refractivity contribution in [1.29, 1.82) is 0 Å². The molecule has 0 bridgehead atoms. The van der Waals surface area contributed by atoms with Crippen LogP contribution in [0, 0.1) is 0 Å². The van der Waals surface area contributed by atoms with E-state index < -0.39 is 0 Å². The van der Waals surface area contributed by atoms with E-state index >= 15 is 0 Å². The molecule has 2 aliphatic heterocycles. The number of piperidine rings is 2. The van der Waals surface area contributed by atoms with Gasteiger partial charge in [-0.05, 0) is 121 Å². The van der Waals surface area contributed by atoms with Crippen molar-refractivity contribution in [1.82, 2.24) is 14.4 Å². The van der Waals surface area contributed by atoms with E-state index in [2.05, 4.69) is 45.6 Å². The number of carbonyl (C=O) groups is 2. The first-order chi connectivity index (χ1) is 18.1. The van der Waals surface area contributed by atoms with E-state index in [0.29, 0.717) is 12.8 Å². The summed E-state index contributed by atoms with van der Waals surface area (Å²) in [5.74, 6) is 0.447. The predicted molar refractivity (Wildman–Crippen MR) is 167 cm³/mol. The number of benzene rings is 2. The highest BCUT2D eigenvalue weighted by atomic mass is 35.5. The molecule has 2 fully saturated rings. The van der Waals surface area contributed by atoms with Gasteiger partial charge in [-0.3, -0.25) is 9.59 Å². The Bertz CT molecular complexity index is 1150. The highest BCUT2D eigenvalue weighted by Gasteiger charge is 2.17. The number of rotatable bonds is 11. The van der Waals surface area contributed by atoms with Crippen LogP contribution in [0.1, 0.15) is 91.8 Å². The fourth-order valence-corrected chi connectivity index (χ4v) is 6.37. The molecule has 5 nitrogen and oxygen atoms in total. The number of hydrogen-bond donors (Lipinski definition) is 0. The zero-order valence-corrected chi connectivity index (χ0v) is 25.1. The number of nitrogens with zero attached hydrogens (tertiary/aromatic N) is 3. The van der Waals surface area contributed by atoms with Crippen LogP contribution in [0.4, 0.5) is 0 Å². The molecule has 3 aromatic rings. The van der Waals surface area contributed by atoms with Crippen LogP contribution in [0.3, 0.4) is 0 Å². The summed E-state index contributed by atoms with van der Waals surface area (Å²) in [6, 6.07) is 12.3. The molecule has 0 amide bonds. The maximum atomic E-state index is 13.1. The van der Waals surface area contributed by atoms with Gasteiger partial charge in [0.2, 0.25) is 0 Å². The molecule has 2 saturated heterocycles. The molecule has 3 heterocycles. The molecule has 1 aromatic heterocycles. The molecule has 0 spiro atoms. The molecule has 5 rings (SSSR count). The highest BCUT2D eigenvalue weighted by molar-refractivity contribution is 6.13. The quantitative estimate of drug-likeness (QED) is 0.222. The second kappa shape index (κ2) is 15.2. The second-order valence-electron chi connectivity index (χ2n) is 11.1. The number of hydrogen-bond acceptors (Lipinski definition) is 4. The van der Waals surface area contributed by atoms with Crippen LogP contribution in [-0.2, 0) is 6.54 Å².